The molecule has 11 nitrogen and oxygen atoms in total. The number of nitrogens with zero attached hydrogens (tertiary/aromatic N) is 6. The van der Waals surface area contributed by atoms with Crippen molar-refractivity contribution in [2.24, 2.45) is 13.0 Å². The van der Waals surface area contributed by atoms with E-state index in [1.54, 1.807) is 17.0 Å². The van der Waals surface area contributed by atoms with Gasteiger partial charge in [0.05, 0.1) is 67.5 Å². The Balaban J connectivity index is 1.01. The summed E-state index contributed by atoms with van der Waals surface area (Å²) in [6.07, 6.45) is 3.46. The first-order valence-electron chi connectivity index (χ1n) is 17.1. The molecule has 53 heavy (non-hydrogen) atoms. The molecule has 15 heteroatoms. The van der Waals surface area contributed by atoms with E-state index in [1.165, 1.54) is 66.5 Å². The van der Waals surface area contributed by atoms with E-state index < -0.39 is 23.4 Å². The van der Waals surface area contributed by atoms with Gasteiger partial charge in [0.2, 0.25) is 5.91 Å². The highest BCUT2D eigenvalue weighted by molar-refractivity contribution is 6.34. The fourth-order valence-corrected chi connectivity index (χ4v) is 7.44. The number of aromatic nitrogens is 4. The number of nitrogens with one attached hydrogen (secondary N) is 2. The standard InChI is InChI=1S/C38H36ClF3N8O3/c1-47-31(28-10-9-26(32(41)33(28)42)29-19-44-46-34(29)22-5-4-6-24(40)17-22)20-43-35(47)36(51)45-25-7-8-27(30(39)18-25)38(53)49-14-12-48(13-15-49)37(52)23-11-16-50(2,3)21-23/h4-10,17-20,23H,11-16,21H2,1-3H3,(H-,44,45,46,51,53)/p+1. The van der Waals surface area contributed by atoms with Crippen LogP contribution in [0.4, 0.5) is 18.9 Å². The number of hydrogen-bond acceptors (Lipinski definition) is 5. The molecule has 0 spiro atoms. The molecule has 2 saturated heterocycles. The van der Waals surface area contributed by atoms with Gasteiger partial charge in [0, 0.05) is 67.6 Å². The molecule has 2 aromatic heterocycles. The zero-order chi connectivity index (χ0) is 37.6. The normalized spacial score (nSPS) is 16.9. The summed E-state index contributed by atoms with van der Waals surface area (Å²) in [7, 11) is 5.75. The monoisotopic (exact) mass is 745 g/mol. The van der Waals surface area contributed by atoms with Crippen LogP contribution in [0.1, 0.15) is 27.4 Å². The lowest BCUT2D eigenvalue weighted by Gasteiger charge is -2.36. The quantitative estimate of drug-likeness (QED) is 0.203. The topological polar surface area (TPSA) is 116 Å². The summed E-state index contributed by atoms with van der Waals surface area (Å²) >= 11 is 6.53. The van der Waals surface area contributed by atoms with E-state index in [-0.39, 0.29) is 56.5 Å². The zero-order valence-electron chi connectivity index (χ0n) is 29.3. The summed E-state index contributed by atoms with van der Waals surface area (Å²) in [4.78, 5) is 47.4. The Labute approximate surface area is 308 Å². The van der Waals surface area contributed by atoms with Crippen molar-refractivity contribution in [3.63, 3.8) is 0 Å². The average Bonchev–Trinajstić information content (AvgIpc) is 3.87. The summed E-state index contributed by atoms with van der Waals surface area (Å²) < 4.78 is 47.3. The second-order valence-electron chi connectivity index (χ2n) is 14.1. The molecule has 2 aliphatic heterocycles. The summed E-state index contributed by atoms with van der Waals surface area (Å²) in [6.45, 7) is 3.47. The van der Waals surface area contributed by atoms with Gasteiger partial charge in [-0.25, -0.2) is 18.2 Å². The number of H-pyrrole nitrogens is 1. The highest BCUT2D eigenvalue weighted by atomic mass is 35.5. The van der Waals surface area contributed by atoms with Gasteiger partial charge in [0.1, 0.15) is 5.82 Å². The van der Waals surface area contributed by atoms with Gasteiger partial charge in [-0.05, 0) is 36.4 Å². The summed E-state index contributed by atoms with van der Waals surface area (Å²) in [5.74, 6) is -3.65. The molecule has 5 aromatic rings. The molecule has 2 fully saturated rings. The van der Waals surface area contributed by atoms with E-state index in [9.17, 15) is 18.8 Å². The number of imidazole rings is 1. The number of halogens is 4. The van der Waals surface area contributed by atoms with Crippen LogP contribution in [-0.2, 0) is 11.8 Å². The summed E-state index contributed by atoms with van der Waals surface area (Å²) in [5.41, 5.74) is 1.46. The minimum absolute atomic E-state index is 0.00903. The highest BCUT2D eigenvalue weighted by Gasteiger charge is 2.38. The van der Waals surface area contributed by atoms with Crippen molar-refractivity contribution >= 4 is 35.0 Å². The predicted octanol–water partition coefficient (Wildman–Crippen LogP) is 5.85. The second-order valence-corrected chi connectivity index (χ2v) is 14.5. The number of carbonyl (C=O) groups excluding carboxylic acids is 3. The van der Waals surface area contributed by atoms with Gasteiger partial charge in [0.15, 0.2) is 17.5 Å². The van der Waals surface area contributed by atoms with Crippen molar-refractivity contribution in [1.29, 1.82) is 0 Å². The van der Waals surface area contributed by atoms with Crippen molar-refractivity contribution < 1.29 is 32.0 Å². The van der Waals surface area contributed by atoms with Gasteiger partial charge in [0.25, 0.3) is 11.8 Å². The largest absolute Gasteiger partial charge is 0.339 e. The first kappa shape index (κ1) is 35.9. The molecule has 0 aliphatic carbocycles. The highest BCUT2D eigenvalue weighted by Crippen LogP contribution is 2.36. The molecule has 0 bridgehead atoms. The van der Waals surface area contributed by atoms with E-state index in [2.05, 4.69) is 34.6 Å². The molecule has 3 aromatic carbocycles. The lowest BCUT2D eigenvalue weighted by Crippen LogP contribution is -2.52. The maximum Gasteiger partial charge on any atom is 0.291 e. The molecule has 2 aliphatic rings. The van der Waals surface area contributed by atoms with Gasteiger partial charge in [-0.3, -0.25) is 19.5 Å². The van der Waals surface area contributed by atoms with Gasteiger partial charge in [-0.15, -0.1) is 0 Å². The smallest absolute Gasteiger partial charge is 0.291 e. The van der Waals surface area contributed by atoms with Crippen LogP contribution in [0, 0.1) is 23.4 Å². The van der Waals surface area contributed by atoms with Crippen molar-refractivity contribution in [1.82, 2.24) is 29.5 Å². The average molecular weight is 746 g/mol. The van der Waals surface area contributed by atoms with Gasteiger partial charge < -0.3 is 24.2 Å². The first-order chi connectivity index (χ1) is 25.3. The number of likely N-dealkylation sites (tertiary alicyclic amines) is 1. The fraction of sp³-hybridized carbons (Fsp3) is 0.289. The van der Waals surface area contributed by atoms with E-state index >= 15 is 8.78 Å². The van der Waals surface area contributed by atoms with Gasteiger partial charge >= 0.3 is 0 Å². The minimum atomic E-state index is -1.17. The number of piperazine rings is 1. The third-order valence-corrected chi connectivity index (χ3v) is 10.4. The number of hydrogen-bond donors (Lipinski definition) is 2. The van der Waals surface area contributed by atoms with E-state index in [0.717, 1.165) is 24.0 Å². The molecule has 7 rings (SSSR count). The molecule has 0 radical (unpaired) electrons. The van der Waals surface area contributed by atoms with E-state index in [0.29, 0.717) is 43.1 Å². The number of aromatic amines is 1. The Bertz CT molecular complexity index is 2250. The van der Waals surface area contributed by atoms with Crippen LogP contribution < -0.4 is 5.32 Å². The number of rotatable bonds is 7. The molecule has 274 valence electrons. The molecule has 1 atom stereocenters. The van der Waals surface area contributed by atoms with Gasteiger partial charge in [-0.1, -0.05) is 29.8 Å². The Morgan fingerprint density at radius 3 is 2.32 bits per heavy atom. The lowest BCUT2D eigenvalue weighted by atomic mass is 9.99. The molecule has 4 heterocycles. The molecule has 1 unspecified atom stereocenters. The maximum atomic E-state index is 15.6. The number of quaternary nitrogens is 1. The molecule has 0 saturated carbocycles. The van der Waals surface area contributed by atoms with E-state index in [4.69, 9.17) is 11.6 Å². The first-order valence-corrected chi connectivity index (χ1v) is 17.5. The zero-order valence-corrected chi connectivity index (χ0v) is 30.1. The Morgan fingerprint density at radius 2 is 1.62 bits per heavy atom. The predicted molar refractivity (Wildman–Crippen MR) is 193 cm³/mol. The summed E-state index contributed by atoms with van der Waals surface area (Å²) in [5, 5.41) is 9.51. The fourth-order valence-electron chi connectivity index (χ4n) is 7.18. The number of carbonyl (C=O) groups is 3. The Kier molecular flexibility index (Phi) is 9.60. The summed E-state index contributed by atoms with van der Waals surface area (Å²) in [6, 6.07) is 12.9. The number of amides is 3. The van der Waals surface area contributed by atoms with Crippen LogP contribution in [0.25, 0.3) is 33.6 Å². The van der Waals surface area contributed by atoms with Crippen LogP contribution >= 0.6 is 11.6 Å². The molecular weight excluding hydrogens is 709 g/mol. The van der Waals surface area contributed by atoms with Crippen molar-refractivity contribution in [3.8, 4) is 33.6 Å². The van der Waals surface area contributed by atoms with Crippen LogP contribution in [0.15, 0.2) is 67.0 Å². The molecule has 3 amide bonds. The molecule has 2 N–H and O–H groups in total. The van der Waals surface area contributed by atoms with Crippen molar-refractivity contribution in [3.05, 3.63) is 101 Å². The van der Waals surface area contributed by atoms with Crippen LogP contribution in [0.5, 0.6) is 0 Å². The third-order valence-electron chi connectivity index (χ3n) is 10.1. The number of anilines is 1. The molecular formula is C38H37ClF3N8O3+. The number of benzene rings is 3. The van der Waals surface area contributed by atoms with E-state index in [1.807, 2.05) is 4.90 Å². The Hall–Kier alpha value is -5.47. The van der Waals surface area contributed by atoms with Crippen LogP contribution in [-0.4, -0.2) is 105 Å². The SMILES string of the molecule is Cn1c(-c2ccc(-c3cn[nH]c3-c3cccc(F)c3)c(F)c2F)cnc1C(=O)Nc1ccc(C(=O)N2CCN(C(=O)C3CC[N+](C)(C)C3)CC2)c(Cl)c1. The van der Waals surface area contributed by atoms with Crippen molar-refractivity contribution in [2.45, 2.75) is 6.42 Å². The minimum Gasteiger partial charge on any atom is -0.339 e. The maximum absolute atomic E-state index is 15.6. The second kappa shape index (κ2) is 14.2. The van der Waals surface area contributed by atoms with Crippen LogP contribution in [0.2, 0.25) is 5.02 Å². The Morgan fingerprint density at radius 1 is 0.906 bits per heavy atom. The van der Waals surface area contributed by atoms with Gasteiger partial charge in [-0.2, -0.15) is 5.10 Å². The van der Waals surface area contributed by atoms with Crippen LogP contribution in [0.3, 0.4) is 0 Å². The van der Waals surface area contributed by atoms with Crippen molar-refractivity contribution in [2.75, 3.05) is 58.7 Å². The lowest BCUT2D eigenvalue weighted by molar-refractivity contribution is -0.878. The third kappa shape index (κ3) is 7.03.